The fourth-order valence-electron chi connectivity index (χ4n) is 1.62. The molecule has 0 atom stereocenters. The van der Waals surface area contributed by atoms with Crippen molar-refractivity contribution < 1.29 is 22.3 Å². The zero-order chi connectivity index (χ0) is 16.5. The van der Waals surface area contributed by atoms with Gasteiger partial charge in [-0.1, -0.05) is 0 Å². The lowest BCUT2D eigenvalue weighted by Crippen LogP contribution is -2.16. The Morgan fingerprint density at radius 1 is 1.09 bits per heavy atom. The number of halogens is 4. The first-order chi connectivity index (χ1) is 10.2. The van der Waals surface area contributed by atoms with E-state index in [0.717, 1.165) is 12.1 Å². The molecule has 1 aromatic heterocycles. The second kappa shape index (κ2) is 5.78. The highest BCUT2D eigenvalue weighted by Crippen LogP contribution is 2.31. The monoisotopic (exact) mass is 315 g/mol. The van der Waals surface area contributed by atoms with Gasteiger partial charge in [0.05, 0.1) is 0 Å². The molecule has 8 heteroatoms. The van der Waals surface area contributed by atoms with Crippen LogP contribution < -0.4 is 9.64 Å². The summed E-state index contributed by atoms with van der Waals surface area (Å²) in [7, 11) is 3.10. The van der Waals surface area contributed by atoms with Crippen LogP contribution in [0.25, 0.3) is 0 Å². The maximum absolute atomic E-state index is 13.2. The van der Waals surface area contributed by atoms with Crippen LogP contribution in [-0.4, -0.2) is 24.1 Å². The number of aryl methyl sites for hydroxylation is 1. The largest absolute Gasteiger partial charge is 0.433 e. The molecule has 0 radical (unpaired) electrons. The van der Waals surface area contributed by atoms with E-state index in [1.54, 1.807) is 14.1 Å². The quantitative estimate of drug-likeness (QED) is 0.808. The highest BCUT2D eigenvalue weighted by molar-refractivity contribution is 5.40. The van der Waals surface area contributed by atoms with Gasteiger partial charge in [-0.25, -0.2) is 4.39 Å². The van der Waals surface area contributed by atoms with Crippen LogP contribution in [0.2, 0.25) is 0 Å². The van der Waals surface area contributed by atoms with Gasteiger partial charge in [-0.05, 0) is 30.7 Å². The van der Waals surface area contributed by atoms with Crippen molar-refractivity contribution in [3.8, 4) is 11.8 Å². The van der Waals surface area contributed by atoms with Gasteiger partial charge in [-0.2, -0.15) is 23.1 Å². The topological polar surface area (TPSA) is 38.2 Å². The second-order valence-electron chi connectivity index (χ2n) is 4.80. The molecule has 0 amide bonds. The van der Waals surface area contributed by atoms with Gasteiger partial charge in [-0.3, -0.25) is 0 Å². The van der Waals surface area contributed by atoms with E-state index in [4.69, 9.17) is 4.74 Å². The number of benzene rings is 1. The standard InChI is InChI=1S/C14H13F4N3O/c1-8-6-9(4-5-10(8)15)22-13-19-11(14(16,17)18)7-12(20-13)21(2)3/h4-7H,1-3H3. The lowest BCUT2D eigenvalue weighted by atomic mass is 10.2. The van der Waals surface area contributed by atoms with Crippen LogP contribution in [0.4, 0.5) is 23.4 Å². The number of aromatic nitrogens is 2. The molecular formula is C14H13F4N3O. The van der Waals surface area contributed by atoms with Crippen molar-refractivity contribution in [2.24, 2.45) is 0 Å². The van der Waals surface area contributed by atoms with Crippen molar-refractivity contribution in [1.82, 2.24) is 9.97 Å². The summed E-state index contributed by atoms with van der Waals surface area (Å²) < 4.78 is 57.0. The Bertz CT molecular complexity index is 686. The van der Waals surface area contributed by atoms with Crippen molar-refractivity contribution in [2.75, 3.05) is 19.0 Å². The first-order valence-electron chi connectivity index (χ1n) is 6.24. The molecule has 4 nitrogen and oxygen atoms in total. The highest BCUT2D eigenvalue weighted by Gasteiger charge is 2.34. The predicted octanol–water partition coefficient (Wildman–Crippen LogP) is 3.80. The molecular weight excluding hydrogens is 302 g/mol. The van der Waals surface area contributed by atoms with E-state index in [9.17, 15) is 17.6 Å². The summed E-state index contributed by atoms with van der Waals surface area (Å²) in [6.45, 7) is 1.51. The van der Waals surface area contributed by atoms with E-state index in [2.05, 4.69) is 9.97 Å². The summed E-state index contributed by atoms with van der Waals surface area (Å²) in [4.78, 5) is 8.65. The van der Waals surface area contributed by atoms with Gasteiger partial charge in [0.1, 0.15) is 17.4 Å². The van der Waals surface area contributed by atoms with E-state index < -0.39 is 23.7 Å². The van der Waals surface area contributed by atoms with Gasteiger partial charge in [0, 0.05) is 20.2 Å². The van der Waals surface area contributed by atoms with Crippen LogP contribution >= 0.6 is 0 Å². The molecule has 0 N–H and O–H groups in total. The highest BCUT2D eigenvalue weighted by atomic mass is 19.4. The maximum Gasteiger partial charge on any atom is 0.433 e. The van der Waals surface area contributed by atoms with Crippen LogP contribution in [-0.2, 0) is 6.18 Å². The van der Waals surface area contributed by atoms with Crippen molar-refractivity contribution >= 4 is 5.82 Å². The molecule has 0 unspecified atom stereocenters. The minimum absolute atomic E-state index is 0.0520. The van der Waals surface area contributed by atoms with Crippen LogP contribution in [0.5, 0.6) is 11.8 Å². The maximum atomic E-state index is 13.2. The van der Waals surface area contributed by atoms with E-state index in [0.29, 0.717) is 5.56 Å². The van der Waals surface area contributed by atoms with Gasteiger partial charge < -0.3 is 9.64 Å². The number of hydrogen-bond acceptors (Lipinski definition) is 4. The van der Waals surface area contributed by atoms with Gasteiger partial charge in [-0.15, -0.1) is 0 Å². The summed E-state index contributed by atoms with van der Waals surface area (Å²) in [6.07, 6.45) is -4.62. The first kappa shape index (κ1) is 16.0. The molecule has 1 aromatic carbocycles. The molecule has 0 spiro atoms. The number of hydrogen-bond donors (Lipinski definition) is 0. The van der Waals surface area contributed by atoms with Gasteiger partial charge in [0.25, 0.3) is 0 Å². The SMILES string of the molecule is Cc1cc(Oc2nc(N(C)C)cc(C(F)(F)F)n2)ccc1F. The van der Waals surface area contributed by atoms with Crippen LogP contribution in [0, 0.1) is 12.7 Å². The Labute approximate surface area is 124 Å². The second-order valence-corrected chi connectivity index (χ2v) is 4.80. The molecule has 0 bridgehead atoms. The average molecular weight is 315 g/mol. The Balaban J connectivity index is 2.41. The van der Waals surface area contributed by atoms with Crippen molar-refractivity contribution in [3.05, 3.63) is 41.3 Å². The summed E-state index contributed by atoms with van der Waals surface area (Å²) in [6, 6.07) is 4.17. The molecule has 22 heavy (non-hydrogen) atoms. The van der Waals surface area contributed by atoms with Crippen LogP contribution in [0.15, 0.2) is 24.3 Å². The predicted molar refractivity (Wildman–Crippen MR) is 72.6 cm³/mol. The summed E-state index contributed by atoms with van der Waals surface area (Å²) in [5, 5.41) is 0. The first-order valence-corrected chi connectivity index (χ1v) is 6.24. The third kappa shape index (κ3) is 3.63. The molecule has 0 aliphatic rings. The third-order valence-electron chi connectivity index (χ3n) is 2.78. The molecule has 0 saturated heterocycles. The molecule has 118 valence electrons. The summed E-state index contributed by atoms with van der Waals surface area (Å²) >= 11 is 0. The molecule has 2 aromatic rings. The van der Waals surface area contributed by atoms with E-state index >= 15 is 0 Å². The van der Waals surface area contributed by atoms with Crippen LogP contribution in [0.1, 0.15) is 11.3 Å². The van der Waals surface area contributed by atoms with E-state index in [-0.39, 0.29) is 11.6 Å². The van der Waals surface area contributed by atoms with E-state index in [1.807, 2.05) is 0 Å². The normalized spacial score (nSPS) is 11.4. The number of ether oxygens (including phenoxy) is 1. The smallest absolute Gasteiger partial charge is 0.424 e. The van der Waals surface area contributed by atoms with Crippen LogP contribution in [0.3, 0.4) is 0 Å². The zero-order valence-corrected chi connectivity index (χ0v) is 12.1. The van der Waals surface area contributed by atoms with Gasteiger partial charge in [0.15, 0.2) is 5.69 Å². The zero-order valence-electron chi connectivity index (χ0n) is 12.1. The molecule has 1 heterocycles. The van der Waals surface area contributed by atoms with E-state index in [1.165, 1.54) is 24.0 Å². The summed E-state index contributed by atoms with van der Waals surface area (Å²) in [5.74, 6) is -0.231. The Hall–Kier alpha value is -2.38. The third-order valence-corrected chi connectivity index (χ3v) is 2.78. The minimum atomic E-state index is -4.62. The van der Waals surface area contributed by atoms with Gasteiger partial charge >= 0.3 is 12.2 Å². The number of alkyl halides is 3. The average Bonchev–Trinajstić information content (AvgIpc) is 2.41. The fourth-order valence-corrected chi connectivity index (χ4v) is 1.62. The summed E-state index contributed by atoms with van der Waals surface area (Å²) in [5.41, 5.74) is -0.808. The number of nitrogens with zero attached hydrogens (tertiary/aromatic N) is 3. The lowest BCUT2D eigenvalue weighted by molar-refractivity contribution is -0.141. The van der Waals surface area contributed by atoms with Crippen molar-refractivity contribution in [1.29, 1.82) is 0 Å². The minimum Gasteiger partial charge on any atom is -0.424 e. The molecule has 2 rings (SSSR count). The fraction of sp³-hybridized carbons (Fsp3) is 0.286. The van der Waals surface area contributed by atoms with Gasteiger partial charge in [0.2, 0.25) is 0 Å². The van der Waals surface area contributed by atoms with Crippen molar-refractivity contribution in [3.63, 3.8) is 0 Å². The number of anilines is 1. The number of rotatable bonds is 3. The molecule has 0 aliphatic heterocycles. The Kier molecular flexibility index (Phi) is 4.20. The Morgan fingerprint density at radius 3 is 2.32 bits per heavy atom. The van der Waals surface area contributed by atoms with Crippen molar-refractivity contribution in [2.45, 2.75) is 13.1 Å². The lowest BCUT2D eigenvalue weighted by Gasteiger charge is -2.15. The molecule has 0 saturated carbocycles. The molecule has 0 fully saturated rings. The Morgan fingerprint density at radius 2 is 1.77 bits per heavy atom. The molecule has 0 aliphatic carbocycles.